The van der Waals surface area contributed by atoms with Crippen molar-refractivity contribution in [1.82, 2.24) is 10.2 Å². The lowest BCUT2D eigenvalue weighted by Gasteiger charge is -2.30. The van der Waals surface area contributed by atoms with Crippen molar-refractivity contribution in [1.29, 1.82) is 0 Å². The average Bonchev–Trinajstić information content (AvgIpc) is 3.23. The molecule has 34 heavy (non-hydrogen) atoms. The Balaban J connectivity index is 1.59. The van der Waals surface area contributed by atoms with Crippen molar-refractivity contribution in [2.75, 3.05) is 6.54 Å². The highest BCUT2D eigenvalue weighted by Crippen LogP contribution is 2.30. The van der Waals surface area contributed by atoms with Crippen molar-refractivity contribution in [3.63, 3.8) is 0 Å². The van der Waals surface area contributed by atoms with Crippen molar-refractivity contribution in [2.24, 2.45) is 0 Å². The summed E-state index contributed by atoms with van der Waals surface area (Å²) in [6.45, 7) is 0.697. The summed E-state index contributed by atoms with van der Waals surface area (Å²) < 4.78 is 45.0. The number of halogens is 3. The second-order valence-corrected chi connectivity index (χ2v) is 8.98. The van der Waals surface area contributed by atoms with E-state index in [4.69, 9.17) is 4.74 Å². The van der Waals surface area contributed by atoms with Gasteiger partial charge in [-0.25, -0.2) is 0 Å². The summed E-state index contributed by atoms with van der Waals surface area (Å²) in [5.41, 5.74) is 0.0933. The molecule has 2 fully saturated rings. The highest BCUT2D eigenvalue weighted by Gasteiger charge is 2.33. The lowest BCUT2D eigenvalue weighted by atomic mass is 10.0. The minimum atomic E-state index is -4.48. The van der Waals surface area contributed by atoms with Gasteiger partial charge in [-0.1, -0.05) is 12.1 Å². The van der Waals surface area contributed by atoms with Gasteiger partial charge in [-0.15, -0.1) is 0 Å². The lowest BCUT2D eigenvalue weighted by molar-refractivity contribution is -0.137. The number of rotatable bonds is 6. The fourth-order valence-electron chi connectivity index (χ4n) is 4.62. The molecule has 0 aromatic heterocycles. The van der Waals surface area contributed by atoms with Gasteiger partial charge in [-0.2, -0.15) is 13.2 Å². The van der Waals surface area contributed by atoms with Crippen LogP contribution in [0, 0.1) is 0 Å². The predicted octanol–water partition coefficient (Wildman–Crippen LogP) is 5.34. The second kappa shape index (κ2) is 10.5. The zero-order valence-electron chi connectivity index (χ0n) is 18.9. The molecule has 5 nitrogen and oxygen atoms in total. The number of nitrogens with zero attached hydrogens (tertiary/aromatic N) is 1. The van der Waals surface area contributed by atoms with Crippen LogP contribution in [0.5, 0.6) is 5.75 Å². The van der Waals surface area contributed by atoms with E-state index in [2.05, 4.69) is 5.32 Å². The Hall–Kier alpha value is -3.03. The van der Waals surface area contributed by atoms with Crippen LogP contribution in [0.4, 0.5) is 13.2 Å². The van der Waals surface area contributed by atoms with E-state index in [1.165, 1.54) is 17.0 Å². The molecule has 1 heterocycles. The van der Waals surface area contributed by atoms with Crippen molar-refractivity contribution >= 4 is 11.8 Å². The molecule has 1 aliphatic heterocycles. The minimum absolute atomic E-state index is 0.114. The normalized spacial score (nSPS) is 19.4. The molecule has 2 amide bonds. The van der Waals surface area contributed by atoms with E-state index in [1.54, 1.807) is 0 Å². The Morgan fingerprint density at radius 2 is 1.71 bits per heavy atom. The number of hydrogen-bond acceptors (Lipinski definition) is 3. The summed E-state index contributed by atoms with van der Waals surface area (Å²) in [7, 11) is 0. The fourth-order valence-corrected chi connectivity index (χ4v) is 4.62. The van der Waals surface area contributed by atoms with Crippen LogP contribution in [0.15, 0.2) is 48.5 Å². The first-order valence-corrected chi connectivity index (χ1v) is 11.8. The third kappa shape index (κ3) is 5.90. The average molecular weight is 475 g/mol. The van der Waals surface area contributed by atoms with E-state index in [0.717, 1.165) is 62.0 Å². The fraction of sp³-hybridized carbons (Fsp3) is 0.462. The number of nitrogens with one attached hydrogen (secondary N) is 1. The second-order valence-electron chi connectivity index (χ2n) is 8.98. The summed E-state index contributed by atoms with van der Waals surface area (Å²) in [5.74, 6) is 0.00524. The molecule has 1 saturated carbocycles. The third-order valence-corrected chi connectivity index (χ3v) is 6.46. The van der Waals surface area contributed by atoms with Gasteiger partial charge in [0.15, 0.2) is 0 Å². The van der Waals surface area contributed by atoms with Gasteiger partial charge in [0.25, 0.3) is 5.91 Å². The Morgan fingerprint density at radius 3 is 2.41 bits per heavy atom. The quantitative estimate of drug-likeness (QED) is 0.615. The summed E-state index contributed by atoms with van der Waals surface area (Å²) in [6, 6.07) is 10.9. The van der Waals surface area contributed by atoms with Crippen LogP contribution in [0.25, 0.3) is 0 Å². The topological polar surface area (TPSA) is 58.6 Å². The largest absolute Gasteiger partial charge is 0.490 e. The van der Waals surface area contributed by atoms with Crippen molar-refractivity contribution < 1.29 is 27.5 Å². The van der Waals surface area contributed by atoms with Crippen molar-refractivity contribution in [3.8, 4) is 5.75 Å². The van der Waals surface area contributed by atoms with E-state index in [9.17, 15) is 22.8 Å². The number of ether oxygens (including phenoxy) is 1. The number of benzene rings is 2. The Kier molecular flexibility index (Phi) is 7.44. The third-order valence-electron chi connectivity index (χ3n) is 6.46. The van der Waals surface area contributed by atoms with Crippen LogP contribution in [-0.4, -0.2) is 35.4 Å². The van der Waals surface area contributed by atoms with Crippen LogP contribution < -0.4 is 10.1 Å². The van der Waals surface area contributed by atoms with E-state index >= 15 is 0 Å². The molecule has 2 aromatic carbocycles. The Morgan fingerprint density at radius 1 is 1.00 bits per heavy atom. The molecular formula is C26H29F3N2O3. The monoisotopic (exact) mass is 474 g/mol. The van der Waals surface area contributed by atoms with E-state index < -0.39 is 23.7 Å². The molecule has 0 radical (unpaired) electrons. The standard InChI is InChI=1S/C26H29F3N2O3/c27-26(28,29)20-13-11-19(12-14-20)25(33)31(23-10-3-4-15-30-24(23)32)17-18-6-5-9-22(16-18)34-21-7-1-2-8-21/h5-6,9,11-14,16,21,23H,1-4,7-8,10,15,17H2,(H,30,32)/t23-/m0/s1. The Bertz CT molecular complexity index is 1000. The van der Waals surface area contributed by atoms with Crippen molar-refractivity contribution in [2.45, 2.75) is 69.8 Å². The number of carbonyl (C=O) groups is 2. The molecule has 0 bridgehead atoms. The zero-order valence-corrected chi connectivity index (χ0v) is 18.9. The smallest absolute Gasteiger partial charge is 0.416 e. The first-order chi connectivity index (χ1) is 16.3. The number of carbonyl (C=O) groups excluding carboxylic acids is 2. The molecule has 1 aliphatic carbocycles. The van der Waals surface area contributed by atoms with Crippen LogP contribution >= 0.6 is 0 Å². The van der Waals surface area contributed by atoms with Gasteiger partial charge in [0.05, 0.1) is 11.7 Å². The number of alkyl halides is 3. The van der Waals surface area contributed by atoms with Crippen LogP contribution in [0.1, 0.15) is 66.4 Å². The molecule has 182 valence electrons. The maximum Gasteiger partial charge on any atom is 0.416 e. The molecule has 2 aromatic rings. The van der Waals surface area contributed by atoms with Gasteiger partial charge in [-0.3, -0.25) is 9.59 Å². The van der Waals surface area contributed by atoms with Crippen molar-refractivity contribution in [3.05, 3.63) is 65.2 Å². The predicted molar refractivity (Wildman–Crippen MR) is 121 cm³/mol. The highest BCUT2D eigenvalue weighted by molar-refractivity contribution is 5.97. The maximum absolute atomic E-state index is 13.5. The molecule has 1 saturated heterocycles. The molecule has 2 aliphatic rings. The van der Waals surface area contributed by atoms with Gasteiger partial charge in [-0.05, 0) is 86.9 Å². The van der Waals surface area contributed by atoms with E-state index in [1.807, 2.05) is 24.3 Å². The maximum atomic E-state index is 13.5. The van der Waals surface area contributed by atoms with Gasteiger partial charge in [0, 0.05) is 18.7 Å². The minimum Gasteiger partial charge on any atom is -0.490 e. The SMILES string of the molecule is O=C1NCCCC[C@@H]1N(Cc1cccc(OC2CCCC2)c1)C(=O)c1ccc(C(F)(F)F)cc1. The van der Waals surface area contributed by atoms with E-state index in [-0.39, 0.29) is 24.1 Å². The molecule has 8 heteroatoms. The van der Waals surface area contributed by atoms with E-state index in [0.29, 0.717) is 13.0 Å². The summed E-state index contributed by atoms with van der Waals surface area (Å²) in [4.78, 5) is 27.7. The summed E-state index contributed by atoms with van der Waals surface area (Å²) in [5, 5.41) is 2.85. The molecule has 4 rings (SSSR count). The number of hydrogen-bond donors (Lipinski definition) is 1. The van der Waals surface area contributed by atoms with Crippen LogP contribution in [0.3, 0.4) is 0 Å². The molecular weight excluding hydrogens is 445 g/mol. The lowest BCUT2D eigenvalue weighted by Crippen LogP contribution is -2.48. The summed E-state index contributed by atoms with van der Waals surface area (Å²) in [6.07, 6.45) is 2.12. The first kappa shape index (κ1) is 24.1. The van der Waals surface area contributed by atoms with Gasteiger partial charge in [0.1, 0.15) is 11.8 Å². The highest BCUT2D eigenvalue weighted by atomic mass is 19.4. The zero-order chi connectivity index (χ0) is 24.1. The molecule has 0 spiro atoms. The Labute approximate surface area is 197 Å². The van der Waals surface area contributed by atoms with Gasteiger partial charge >= 0.3 is 6.18 Å². The van der Waals surface area contributed by atoms with Crippen LogP contribution in [-0.2, 0) is 17.5 Å². The van der Waals surface area contributed by atoms with Gasteiger partial charge in [0.2, 0.25) is 5.91 Å². The summed E-state index contributed by atoms with van der Waals surface area (Å²) >= 11 is 0. The number of amides is 2. The molecule has 0 unspecified atom stereocenters. The van der Waals surface area contributed by atoms with Gasteiger partial charge < -0.3 is 15.0 Å². The first-order valence-electron chi connectivity index (χ1n) is 11.8. The van der Waals surface area contributed by atoms with Crippen LogP contribution in [0.2, 0.25) is 0 Å². The molecule has 1 N–H and O–H groups in total. The molecule has 1 atom stereocenters.